The number of benzene rings is 2. The maximum absolute atomic E-state index is 12.0. The molecular formula is C18H18O2. The molecule has 102 valence electrons. The van der Waals surface area contributed by atoms with Gasteiger partial charge in [-0.15, -0.1) is 0 Å². The van der Waals surface area contributed by atoms with E-state index < -0.39 is 0 Å². The second kappa shape index (κ2) is 5.49. The molecule has 0 saturated heterocycles. The number of rotatable bonds is 4. The number of carbonyl (C=O) groups is 1. The van der Waals surface area contributed by atoms with Crippen LogP contribution in [0, 0.1) is 5.92 Å². The molecule has 0 N–H and O–H groups in total. The van der Waals surface area contributed by atoms with Gasteiger partial charge in [0, 0.05) is 0 Å². The van der Waals surface area contributed by atoms with Crippen LogP contribution in [0.3, 0.4) is 0 Å². The summed E-state index contributed by atoms with van der Waals surface area (Å²) < 4.78 is 5.58. The molecule has 1 fully saturated rings. The summed E-state index contributed by atoms with van der Waals surface area (Å²) >= 11 is 0. The fourth-order valence-corrected chi connectivity index (χ4v) is 2.50. The third-order valence-electron chi connectivity index (χ3n) is 4.00. The molecule has 0 aliphatic heterocycles. The lowest BCUT2D eigenvalue weighted by Crippen LogP contribution is -2.25. The van der Waals surface area contributed by atoms with E-state index in [1.165, 1.54) is 5.39 Å². The third kappa shape index (κ3) is 2.46. The van der Waals surface area contributed by atoms with Crippen molar-refractivity contribution >= 4 is 16.7 Å². The first-order chi connectivity index (χ1) is 9.78. The molecule has 1 aliphatic carbocycles. The van der Waals surface area contributed by atoms with Gasteiger partial charge < -0.3 is 4.74 Å². The summed E-state index contributed by atoms with van der Waals surface area (Å²) in [5.41, 5.74) is 0.978. The van der Waals surface area contributed by atoms with Crippen LogP contribution < -0.4 is 0 Å². The van der Waals surface area contributed by atoms with Crippen LogP contribution in [0.1, 0.15) is 30.9 Å². The lowest BCUT2D eigenvalue weighted by Gasteiger charge is -2.25. The molecule has 1 aliphatic rings. The summed E-state index contributed by atoms with van der Waals surface area (Å²) in [7, 11) is 0. The molecule has 2 aromatic rings. The highest BCUT2D eigenvalue weighted by Crippen LogP contribution is 2.31. The van der Waals surface area contributed by atoms with Gasteiger partial charge in [0.25, 0.3) is 0 Å². The predicted molar refractivity (Wildman–Crippen MR) is 80.3 cm³/mol. The maximum Gasteiger partial charge on any atom is 0.309 e. The summed E-state index contributed by atoms with van der Waals surface area (Å²) in [5.74, 6) is 0.00668. The summed E-state index contributed by atoms with van der Waals surface area (Å²) in [6, 6.07) is 14.3. The Balaban J connectivity index is 1.82. The average molecular weight is 266 g/mol. The minimum atomic E-state index is -0.354. The second-order valence-electron chi connectivity index (χ2n) is 5.33. The fraction of sp³-hybridized carbons (Fsp3) is 0.278. The van der Waals surface area contributed by atoms with Gasteiger partial charge in [-0.1, -0.05) is 49.4 Å². The van der Waals surface area contributed by atoms with Gasteiger partial charge >= 0.3 is 5.97 Å². The van der Waals surface area contributed by atoms with Crippen LogP contribution in [0.5, 0.6) is 0 Å². The van der Waals surface area contributed by atoms with Gasteiger partial charge in [-0.3, -0.25) is 4.79 Å². The largest absolute Gasteiger partial charge is 0.453 e. The van der Waals surface area contributed by atoms with E-state index in [4.69, 9.17) is 4.74 Å². The molecule has 0 amide bonds. The number of hydrogen-bond donors (Lipinski definition) is 0. The van der Waals surface area contributed by atoms with Crippen molar-refractivity contribution in [3.8, 4) is 0 Å². The van der Waals surface area contributed by atoms with E-state index in [-0.39, 0.29) is 18.0 Å². The highest BCUT2D eigenvalue weighted by atomic mass is 16.5. The standard InChI is InChI=1S/C18H18O2/c1-2-17(20-18(19)14-8-5-9-14)16-11-10-13-6-3-4-7-15(13)12-16/h2-4,6-7,10-12,14,17H,1,5,8-9H2. The molecule has 1 atom stereocenters. The van der Waals surface area contributed by atoms with Crippen LogP contribution in [0.25, 0.3) is 10.8 Å². The van der Waals surface area contributed by atoms with Gasteiger partial charge in [0.2, 0.25) is 0 Å². The van der Waals surface area contributed by atoms with Crippen molar-refractivity contribution in [2.24, 2.45) is 5.92 Å². The quantitative estimate of drug-likeness (QED) is 0.605. The number of esters is 1. The van der Waals surface area contributed by atoms with E-state index in [0.717, 1.165) is 30.2 Å². The SMILES string of the molecule is C=CC(OC(=O)C1CCC1)c1ccc2ccccc2c1. The molecule has 1 unspecified atom stereocenters. The fourth-order valence-electron chi connectivity index (χ4n) is 2.50. The minimum Gasteiger partial charge on any atom is -0.453 e. The second-order valence-corrected chi connectivity index (χ2v) is 5.33. The van der Waals surface area contributed by atoms with Crippen molar-refractivity contribution in [1.82, 2.24) is 0 Å². The zero-order chi connectivity index (χ0) is 13.9. The minimum absolute atomic E-state index is 0.0886. The van der Waals surface area contributed by atoms with Gasteiger partial charge in [0.1, 0.15) is 6.10 Å². The third-order valence-corrected chi connectivity index (χ3v) is 4.00. The Labute approximate surface area is 119 Å². The first-order valence-electron chi connectivity index (χ1n) is 7.09. The molecule has 0 radical (unpaired) electrons. The molecule has 0 heterocycles. The van der Waals surface area contributed by atoms with E-state index in [0.29, 0.717) is 0 Å². The normalized spacial score (nSPS) is 16.4. The van der Waals surface area contributed by atoms with Crippen LogP contribution in [-0.2, 0) is 9.53 Å². The predicted octanol–water partition coefficient (Wildman–Crippen LogP) is 4.41. The van der Waals surface area contributed by atoms with E-state index in [9.17, 15) is 4.79 Å². The molecule has 2 nitrogen and oxygen atoms in total. The molecule has 1 saturated carbocycles. The molecule has 0 bridgehead atoms. The van der Waals surface area contributed by atoms with Crippen molar-refractivity contribution in [3.05, 3.63) is 60.7 Å². The first-order valence-corrected chi connectivity index (χ1v) is 7.09. The smallest absolute Gasteiger partial charge is 0.309 e. The number of fused-ring (bicyclic) bond motifs is 1. The molecular weight excluding hydrogens is 248 g/mol. The van der Waals surface area contributed by atoms with Crippen molar-refractivity contribution in [3.63, 3.8) is 0 Å². The number of hydrogen-bond acceptors (Lipinski definition) is 2. The van der Waals surface area contributed by atoms with E-state index in [2.05, 4.69) is 30.8 Å². The van der Waals surface area contributed by atoms with Crippen LogP contribution in [0.15, 0.2) is 55.1 Å². The molecule has 20 heavy (non-hydrogen) atoms. The van der Waals surface area contributed by atoms with Crippen molar-refractivity contribution < 1.29 is 9.53 Å². The van der Waals surface area contributed by atoms with Crippen molar-refractivity contribution in [2.75, 3.05) is 0 Å². The van der Waals surface area contributed by atoms with Crippen LogP contribution >= 0.6 is 0 Å². The number of carbonyl (C=O) groups excluding carboxylic acids is 1. The molecule has 2 aromatic carbocycles. The topological polar surface area (TPSA) is 26.3 Å². The number of ether oxygens (including phenoxy) is 1. The van der Waals surface area contributed by atoms with Gasteiger partial charge in [0.15, 0.2) is 0 Å². The molecule has 0 aromatic heterocycles. The van der Waals surface area contributed by atoms with Gasteiger partial charge in [-0.25, -0.2) is 0 Å². The van der Waals surface area contributed by atoms with E-state index in [1.807, 2.05) is 18.2 Å². The Hall–Kier alpha value is -2.09. The Kier molecular flexibility index (Phi) is 3.55. The maximum atomic E-state index is 12.0. The summed E-state index contributed by atoms with van der Waals surface area (Å²) in [5, 5.41) is 2.33. The lowest BCUT2D eigenvalue weighted by molar-refractivity contribution is -0.155. The summed E-state index contributed by atoms with van der Waals surface area (Å²) in [6.07, 6.45) is 4.39. The van der Waals surface area contributed by atoms with Crippen molar-refractivity contribution in [1.29, 1.82) is 0 Å². The Morgan fingerprint density at radius 2 is 1.95 bits per heavy atom. The lowest BCUT2D eigenvalue weighted by atomic mass is 9.85. The first kappa shape index (κ1) is 12.9. The van der Waals surface area contributed by atoms with Crippen LogP contribution in [-0.4, -0.2) is 5.97 Å². The molecule has 2 heteroatoms. The summed E-state index contributed by atoms with van der Waals surface area (Å²) in [6.45, 7) is 3.80. The average Bonchev–Trinajstić information content (AvgIpc) is 2.42. The van der Waals surface area contributed by atoms with Crippen molar-refractivity contribution in [2.45, 2.75) is 25.4 Å². The Morgan fingerprint density at radius 1 is 1.20 bits per heavy atom. The van der Waals surface area contributed by atoms with E-state index >= 15 is 0 Å². The summed E-state index contributed by atoms with van der Waals surface area (Å²) in [4.78, 5) is 12.0. The highest BCUT2D eigenvalue weighted by molar-refractivity contribution is 5.83. The van der Waals surface area contributed by atoms with Crippen LogP contribution in [0.4, 0.5) is 0 Å². The van der Waals surface area contributed by atoms with Gasteiger partial charge in [0.05, 0.1) is 5.92 Å². The molecule has 3 rings (SSSR count). The monoisotopic (exact) mass is 266 g/mol. The zero-order valence-electron chi connectivity index (χ0n) is 11.4. The van der Waals surface area contributed by atoms with Gasteiger partial charge in [-0.2, -0.15) is 0 Å². The van der Waals surface area contributed by atoms with Gasteiger partial charge in [-0.05, 0) is 41.3 Å². The Morgan fingerprint density at radius 3 is 2.60 bits per heavy atom. The highest BCUT2D eigenvalue weighted by Gasteiger charge is 2.28. The van der Waals surface area contributed by atoms with E-state index in [1.54, 1.807) is 6.08 Å². The zero-order valence-corrected chi connectivity index (χ0v) is 11.4. The Bertz CT molecular complexity index is 641. The van der Waals surface area contributed by atoms with Crippen LogP contribution in [0.2, 0.25) is 0 Å². The molecule has 0 spiro atoms.